The van der Waals surface area contributed by atoms with Gasteiger partial charge in [0.25, 0.3) is 5.91 Å². The Bertz CT molecular complexity index is 1050. The third kappa shape index (κ3) is 4.65. The molecule has 8 nitrogen and oxygen atoms in total. The summed E-state index contributed by atoms with van der Waals surface area (Å²) < 4.78 is 7.68. The highest BCUT2D eigenvalue weighted by Gasteiger charge is 2.38. The van der Waals surface area contributed by atoms with Crippen LogP contribution in [0.25, 0.3) is 5.65 Å². The second-order valence-electron chi connectivity index (χ2n) is 8.08. The maximum absolute atomic E-state index is 13.0. The molecular weight excluding hydrogens is 394 g/mol. The lowest BCUT2D eigenvalue weighted by Gasteiger charge is -2.29. The average Bonchev–Trinajstić information content (AvgIpc) is 3.40. The van der Waals surface area contributed by atoms with Crippen molar-refractivity contribution in [1.82, 2.24) is 19.6 Å². The summed E-state index contributed by atoms with van der Waals surface area (Å²) in [5.41, 5.74) is 0.441. The molecule has 2 aromatic heterocycles. The first-order valence-electron chi connectivity index (χ1n) is 10.5. The lowest BCUT2D eigenvalue weighted by atomic mass is 10.0. The molecule has 0 aliphatic carbocycles. The number of pyridine rings is 1. The first kappa shape index (κ1) is 21.1. The molecule has 1 fully saturated rings. The van der Waals surface area contributed by atoms with Crippen LogP contribution in [0, 0.1) is 0 Å². The van der Waals surface area contributed by atoms with Gasteiger partial charge in [-0.05, 0) is 43.8 Å². The van der Waals surface area contributed by atoms with Crippen LogP contribution in [-0.2, 0) is 0 Å². The summed E-state index contributed by atoms with van der Waals surface area (Å²) in [6.07, 6.45) is 4.27. The first-order valence-corrected chi connectivity index (χ1v) is 10.5. The predicted octanol–water partition coefficient (Wildman–Crippen LogP) is 1.65. The number of β-amino-alcohol motifs (C(OH)–C–C–N with tert-alkyl or cyclic N) is 1. The van der Waals surface area contributed by atoms with Crippen LogP contribution >= 0.6 is 0 Å². The van der Waals surface area contributed by atoms with Crippen molar-refractivity contribution >= 4 is 17.4 Å². The zero-order chi connectivity index (χ0) is 21.8. The van der Waals surface area contributed by atoms with E-state index in [0.29, 0.717) is 37.4 Å². The number of imidazole rings is 1. The maximum atomic E-state index is 13.0. The first-order chi connectivity index (χ1) is 15.0. The molecule has 1 saturated heterocycles. The van der Waals surface area contributed by atoms with Crippen LogP contribution in [0.1, 0.15) is 16.8 Å². The molecule has 0 saturated carbocycles. The Labute approximate surface area is 182 Å². The maximum Gasteiger partial charge on any atom is 0.253 e. The number of carbonyl (C=O) groups excluding carboxylic acids is 1. The van der Waals surface area contributed by atoms with Gasteiger partial charge in [-0.25, -0.2) is 4.98 Å². The number of nitrogens with zero attached hydrogens (tertiary/aromatic N) is 4. The molecule has 2 N–H and O–H groups in total. The molecule has 0 unspecified atom stereocenters. The summed E-state index contributed by atoms with van der Waals surface area (Å²) in [6.45, 7) is 2.68. The van der Waals surface area contributed by atoms with E-state index in [0.717, 1.165) is 18.0 Å². The van der Waals surface area contributed by atoms with E-state index in [1.54, 1.807) is 30.3 Å². The fourth-order valence-corrected chi connectivity index (χ4v) is 4.09. The van der Waals surface area contributed by atoms with Gasteiger partial charge in [0.2, 0.25) is 0 Å². The quantitative estimate of drug-likeness (QED) is 0.536. The van der Waals surface area contributed by atoms with Gasteiger partial charge in [0.15, 0.2) is 0 Å². The second-order valence-corrected chi connectivity index (χ2v) is 8.08. The van der Waals surface area contributed by atoms with Gasteiger partial charge in [0, 0.05) is 44.6 Å². The number of hydrogen-bond donors (Lipinski definition) is 2. The number of carbonyl (C=O) groups is 1. The predicted molar refractivity (Wildman–Crippen MR) is 120 cm³/mol. The summed E-state index contributed by atoms with van der Waals surface area (Å²) in [5, 5.41) is 14.2. The molecule has 164 valence electrons. The van der Waals surface area contributed by atoms with E-state index in [1.165, 1.54) is 0 Å². The van der Waals surface area contributed by atoms with E-state index >= 15 is 0 Å². The van der Waals surface area contributed by atoms with Crippen LogP contribution in [0.4, 0.5) is 5.82 Å². The summed E-state index contributed by atoms with van der Waals surface area (Å²) in [6, 6.07) is 13.1. The highest BCUT2D eigenvalue weighted by atomic mass is 16.5. The molecule has 3 aromatic rings. The molecule has 31 heavy (non-hydrogen) atoms. The van der Waals surface area contributed by atoms with Crippen LogP contribution in [0.3, 0.4) is 0 Å². The Morgan fingerprint density at radius 3 is 3.00 bits per heavy atom. The minimum absolute atomic E-state index is 0.136. The van der Waals surface area contributed by atoms with E-state index in [1.807, 2.05) is 48.0 Å². The molecule has 0 radical (unpaired) electrons. The molecular formula is C23H29N5O3. The van der Waals surface area contributed by atoms with E-state index in [4.69, 9.17) is 4.74 Å². The van der Waals surface area contributed by atoms with Gasteiger partial charge in [-0.3, -0.25) is 9.20 Å². The Balaban J connectivity index is 1.41. The van der Waals surface area contributed by atoms with Gasteiger partial charge in [-0.1, -0.05) is 12.1 Å². The Hall–Kier alpha value is -3.10. The van der Waals surface area contributed by atoms with Crippen LogP contribution in [0.5, 0.6) is 5.75 Å². The van der Waals surface area contributed by atoms with Crippen molar-refractivity contribution in [2.24, 2.45) is 0 Å². The van der Waals surface area contributed by atoms with Crippen LogP contribution in [-0.4, -0.2) is 77.8 Å². The van der Waals surface area contributed by atoms with Crippen LogP contribution in [0.2, 0.25) is 0 Å². The molecule has 1 aliphatic heterocycles. The molecule has 1 atom stereocenters. The number of nitrogens with one attached hydrogen (secondary N) is 1. The van der Waals surface area contributed by atoms with Gasteiger partial charge in [-0.15, -0.1) is 0 Å². The van der Waals surface area contributed by atoms with E-state index in [-0.39, 0.29) is 12.5 Å². The fraction of sp³-hybridized carbons (Fsp3) is 0.391. The number of fused-ring (bicyclic) bond motifs is 1. The van der Waals surface area contributed by atoms with Crippen LogP contribution in [0.15, 0.2) is 54.9 Å². The molecule has 1 amide bonds. The van der Waals surface area contributed by atoms with Gasteiger partial charge >= 0.3 is 0 Å². The Morgan fingerprint density at radius 1 is 1.32 bits per heavy atom. The SMILES string of the molecule is CNCCOc1cccc(C(=O)N(C)C[C@@]2(O)CCN(c3cccc4nccn34)C2)c1. The van der Waals surface area contributed by atoms with Crippen molar-refractivity contribution in [3.8, 4) is 5.75 Å². The number of likely N-dealkylation sites (N-methyl/N-ethyl adjacent to an activating group) is 2. The van der Waals surface area contributed by atoms with Crippen molar-refractivity contribution in [1.29, 1.82) is 0 Å². The van der Waals surface area contributed by atoms with Crippen molar-refractivity contribution in [3.63, 3.8) is 0 Å². The van der Waals surface area contributed by atoms with Crippen molar-refractivity contribution in [3.05, 3.63) is 60.4 Å². The number of rotatable bonds is 8. The number of amides is 1. The molecule has 8 heteroatoms. The molecule has 1 aliphatic rings. The lowest BCUT2D eigenvalue weighted by molar-refractivity contribution is 0.0264. The number of hydrogen-bond acceptors (Lipinski definition) is 6. The second kappa shape index (κ2) is 8.95. The number of anilines is 1. The summed E-state index contributed by atoms with van der Waals surface area (Å²) >= 11 is 0. The number of aliphatic hydroxyl groups is 1. The van der Waals surface area contributed by atoms with Gasteiger partial charge in [0.1, 0.15) is 29.4 Å². The Morgan fingerprint density at radius 2 is 2.16 bits per heavy atom. The number of aromatic nitrogens is 2. The minimum Gasteiger partial charge on any atom is -0.492 e. The van der Waals surface area contributed by atoms with Gasteiger partial charge in [0.05, 0.1) is 6.54 Å². The summed E-state index contributed by atoms with van der Waals surface area (Å²) in [4.78, 5) is 21.0. The smallest absolute Gasteiger partial charge is 0.253 e. The normalized spacial score (nSPS) is 18.5. The van der Waals surface area contributed by atoms with Crippen molar-refractivity contribution in [2.75, 3.05) is 51.8 Å². The zero-order valence-corrected chi connectivity index (χ0v) is 18.0. The topological polar surface area (TPSA) is 82.3 Å². The van der Waals surface area contributed by atoms with Crippen molar-refractivity contribution in [2.45, 2.75) is 12.0 Å². The van der Waals surface area contributed by atoms with E-state index in [2.05, 4.69) is 15.2 Å². The number of ether oxygens (including phenoxy) is 1. The van der Waals surface area contributed by atoms with Crippen LogP contribution < -0.4 is 15.0 Å². The molecule has 3 heterocycles. The lowest BCUT2D eigenvalue weighted by Crippen LogP contribution is -2.46. The highest BCUT2D eigenvalue weighted by molar-refractivity contribution is 5.94. The van der Waals surface area contributed by atoms with Crippen molar-refractivity contribution < 1.29 is 14.6 Å². The monoisotopic (exact) mass is 423 g/mol. The third-order valence-corrected chi connectivity index (χ3v) is 5.64. The molecule has 4 rings (SSSR count). The molecule has 1 aromatic carbocycles. The van der Waals surface area contributed by atoms with E-state index in [9.17, 15) is 9.90 Å². The highest BCUT2D eigenvalue weighted by Crippen LogP contribution is 2.28. The zero-order valence-electron chi connectivity index (χ0n) is 18.0. The molecule has 0 bridgehead atoms. The largest absolute Gasteiger partial charge is 0.492 e. The standard InChI is InChI=1S/C23H29N5O3/c1-24-11-14-31-19-6-3-5-18(15-19)22(29)26(2)16-23(30)9-12-27(17-23)21-8-4-7-20-25-10-13-28(20)21/h3-8,10,13,15,24,30H,9,11-12,14,16-17H2,1-2H3/t23-/m0/s1. The van der Waals surface area contributed by atoms with E-state index < -0.39 is 5.60 Å². The Kier molecular flexibility index (Phi) is 6.11. The van der Waals surface area contributed by atoms with Gasteiger partial charge < -0.3 is 25.0 Å². The summed E-state index contributed by atoms with van der Waals surface area (Å²) in [5.74, 6) is 1.52. The summed E-state index contributed by atoms with van der Waals surface area (Å²) in [7, 11) is 3.59. The van der Waals surface area contributed by atoms with Gasteiger partial charge in [-0.2, -0.15) is 0 Å². The molecule has 0 spiro atoms. The fourth-order valence-electron chi connectivity index (χ4n) is 4.09. The number of benzene rings is 1. The third-order valence-electron chi connectivity index (χ3n) is 5.64. The minimum atomic E-state index is -0.978. The average molecular weight is 424 g/mol.